The fourth-order valence-corrected chi connectivity index (χ4v) is 1.39. The van der Waals surface area contributed by atoms with Crippen molar-refractivity contribution < 1.29 is 48.8 Å². The van der Waals surface area contributed by atoms with Crippen LogP contribution in [0.2, 0.25) is 0 Å². The molecule has 0 fully saturated rings. The van der Waals surface area contributed by atoms with Crippen LogP contribution >= 0.6 is 7.82 Å². The minimum atomic E-state index is -5.39. The van der Waals surface area contributed by atoms with Gasteiger partial charge in [0.25, 0.3) is 0 Å². The molecule has 0 amide bonds. The Bertz CT molecular complexity index is 212. The van der Waals surface area contributed by atoms with Gasteiger partial charge in [-0.2, -0.15) is 19.7 Å². The average molecular weight is 344 g/mol. The molecule has 0 aromatic rings. The molecule has 0 rings (SSSR count). The van der Waals surface area contributed by atoms with Crippen molar-refractivity contribution in [3.63, 3.8) is 0 Å². The molecule has 0 aliphatic rings. The molecule has 2 atom stereocenters. The summed E-state index contributed by atoms with van der Waals surface area (Å²) in [5.41, 5.74) is 0. The standard InChI is InChI=1S/2C8H17.Na.H3O4P/c2*1-4-6-7-8(3)5-2;;1-5(2,3)4/h2*8H,3-7H2,1-2H3;;(H3,1,2,3,4)/q2*-1;+1;/p-3. The molecule has 0 aromatic heterocycles. The van der Waals surface area contributed by atoms with Crippen molar-refractivity contribution >= 4 is 7.82 Å². The van der Waals surface area contributed by atoms with Crippen molar-refractivity contribution in [2.24, 2.45) is 11.8 Å². The van der Waals surface area contributed by atoms with Gasteiger partial charge in [-0.1, -0.05) is 79.1 Å². The third-order valence-corrected chi connectivity index (χ3v) is 3.09. The van der Waals surface area contributed by atoms with Gasteiger partial charge in [0.2, 0.25) is 0 Å². The first-order valence-corrected chi connectivity index (χ1v) is 9.47. The summed E-state index contributed by atoms with van der Waals surface area (Å²) in [5.74, 6) is 1.41. The smallest absolute Gasteiger partial charge is 0.822 e. The molecule has 0 aromatic carbocycles. The number of hydrogen-bond donors (Lipinski definition) is 0. The molecule has 132 valence electrons. The van der Waals surface area contributed by atoms with Gasteiger partial charge in [0.05, 0.1) is 0 Å². The summed E-state index contributed by atoms with van der Waals surface area (Å²) in [5, 5.41) is 0. The molecule has 2 unspecified atom stereocenters. The molecule has 0 N–H and O–H groups in total. The summed E-state index contributed by atoms with van der Waals surface area (Å²) in [6, 6.07) is 0. The van der Waals surface area contributed by atoms with E-state index in [0.29, 0.717) is 11.8 Å². The molecule has 0 saturated heterocycles. The Balaban J connectivity index is -0.000000111. The quantitative estimate of drug-likeness (QED) is 0.359. The molecule has 4 nitrogen and oxygen atoms in total. The van der Waals surface area contributed by atoms with E-state index in [9.17, 15) is 0 Å². The summed E-state index contributed by atoms with van der Waals surface area (Å²) in [6.07, 6.45) is 10.4. The van der Waals surface area contributed by atoms with E-state index >= 15 is 0 Å². The van der Waals surface area contributed by atoms with Gasteiger partial charge >= 0.3 is 29.6 Å². The predicted molar refractivity (Wildman–Crippen MR) is 84.9 cm³/mol. The Morgan fingerprint density at radius 3 is 1.18 bits per heavy atom. The summed E-state index contributed by atoms with van der Waals surface area (Å²) in [6.45, 7) is 16.8. The second kappa shape index (κ2) is 22.1. The first kappa shape index (κ1) is 30.9. The maximum Gasteiger partial charge on any atom is 1.00 e. The van der Waals surface area contributed by atoms with Crippen molar-refractivity contribution in [3.05, 3.63) is 13.8 Å². The van der Waals surface area contributed by atoms with Crippen LogP contribution in [0.5, 0.6) is 0 Å². The molecular formula is C16H34NaO4P-4. The molecule has 0 radical (unpaired) electrons. The van der Waals surface area contributed by atoms with Crippen molar-refractivity contribution in [1.29, 1.82) is 0 Å². The predicted octanol–water partition coefficient (Wildman–Crippen LogP) is 0.253. The molecule has 0 aliphatic heterocycles. The van der Waals surface area contributed by atoms with Gasteiger partial charge in [0.15, 0.2) is 0 Å². The Morgan fingerprint density at radius 2 is 1.05 bits per heavy atom. The van der Waals surface area contributed by atoms with Gasteiger partial charge in [-0.05, 0) is 0 Å². The number of hydrogen-bond acceptors (Lipinski definition) is 4. The van der Waals surface area contributed by atoms with Gasteiger partial charge in [0, 0.05) is 0 Å². The maximum atomic E-state index is 8.55. The Kier molecular flexibility index (Phi) is 31.1. The van der Waals surface area contributed by atoms with Crippen LogP contribution in [0, 0.1) is 25.7 Å². The molecule has 0 heterocycles. The van der Waals surface area contributed by atoms with Crippen molar-refractivity contribution in [3.8, 4) is 0 Å². The van der Waals surface area contributed by atoms with E-state index in [2.05, 4.69) is 41.5 Å². The van der Waals surface area contributed by atoms with E-state index in [1.165, 1.54) is 51.4 Å². The van der Waals surface area contributed by atoms with Crippen molar-refractivity contribution in [2.45, 2.75) is 79.1 Å². The van der Waals surface area contributed by atoms with Crippen molar-refractivity contribution in [2.75, 3.05) is 0 Å². The van der Waals surface area contributed by atoms with Gasteiger partial charge in [-0.3, -0.25) is 0 Å². The second-order valence-corrected chi connectivity index (χ2v) is 6.17. The molecular weight excluding hydrogens is 310 g/mol. The van der Waals surface area contributed by atoms with E-state index in [4.69, 9.17) is 19.2 Å². The summed E-state index contributed by atoms with van der Waals surface area (Å²) >= 11 is 0. The van der Waals surface area contributed by atoms with Crippen LogP contribution in [0.1, 0.15) is 79.1 Å². The zero-order valence-corrected chi connectivity index (χ0v) is 18.2. The topological polar surface area (TPSA) is 86.2 Å². The number of rotatable bonds is 8. The Labute approximate surface area is 161 Å². The molecule has 0 saturated carbocycles. The summed E-state index contributed by atoms with van der Waals surface area (Å²) < 4.78 is 8.55. The minimum Gasteiger partial charge on any atom is -0.822 e. The first-order valence-electron chi connectivity index (χ1n) is 8.01. The average Bonchev–Trinajstić information content (AvgIpc) is 2.40. The third kappa shape index (κ3) is 49.7. The monoisotopic (exact) mass is 344 g/mol. The zero-order chi connectivity index (χ0) is 17.3. The third-order valence-electron chi connectivity index (χ3n) is 3.09. The SMILES string of the molecule is O=P([O-])([O-])[O-].[CH2-]C(CC)CCCC.[CH2-]C(CC)CCCC.[Na+]. The van der Waals surface area contributed by atoms with Gasteiger partial charge in [-0.15, -0.1) is 0 Å². The van der Waals surface area contributed by atoms with Crippen LogP contribution in [0.4, 0.5) is 0 Å². The fourth-order valence-electron chi connectivity index (χ4n) is 1.39. The molecule has 0 bridgehead atoms. The molecule has 6 heteroatoms. The van der Waals surface area contributed by atoms with Crippen LogP contribution in [0.3, 0.4) is 0 Å². The van der Waals surface area contributed by atoms with E-state index < -0.39 is 7.82 Å². The van der Waals surface area contributed by atoms with E-state index in [1.54, 1.807) is 0 Å². The summed E-state index contributed by atoms with van der Waals surface area (Å²) in [7, 11) is -5.39. The van der Waals surface area contributed by atoms with Gasteiger partial charge in [-0.25, -0.2) is 0 Å². The van der Waals surface area contributed by atoms with E-state index in [-0.39, 0.29) is 29.6 Å². The maximum absolute atomic E-state index is 8.55. The molecule has 0 spiro atoms. The molecule has 22 heavy (non-hydrogen) atoms. The Morgan fingerprint density at radius 1 is 0.818 bits per heavy atom. The van der Waals surface area contributed by atoms with E-state index in [1.807, 2.05) is 0 Å². The van der Waals surface area contributed by atoms with Gasteiger partial charge in [0.1, 0.15) is 0 Å². The van der Waals surface area contributed by atoms with Crippen LogP contribution in [-0.4, -0.2) is 0 Å². The van der Waals surface area contributed by atoms with Gasteiger partial charge < -0.3 is 33.1 Å². The number of unbranched alkanes of at least 4 members (excludes halogenated alkanes) is 2. The Hall–Kier alpha value is 1.11. The second-order valence-electron chi connectivity index (χ2n) is 5.28. The summed E-state index contributed by atoms with van der Waals surface area (Å²) in [4.78, 5) is 25.6. The fraction of sp³-hybridized carbons (Fsp3) is 0.875. The molecule has 0 aliphatic carbocycles. The zero-order valence-electron chi connectivity index (χ0n) is 15.3. The van der Waals surface area contributed by atoms with Crippen LogP contribution < -0.4 is 44.2 Å². The largest absolute Gasteiger partial charge is 1.00 e. The van der Waals surface area contributed by atoms with Crippen LogP contribution in [0.15, 0.2) is 0 Å². The van der Waals surface area contributed by atoms with Crippen LogP contribution in [0.25, 0.3) is 0 Å². The van der Waals surface area contributed by atoms with Crippen LogP contribution in [-0.2, 0) is 4.57 Å². The first-order chi connectivity index (χ1) is 9.62. The normalized spacial score (nSPS) is 12.8. The number of phosphoric acid groups is 1. The minimum absolute atomic E-state index is 0. The van der Waals surface area contributed by atoms with E-state index in [0.717, 1.165) is 0 Å². The van der Waals surface area contributed by atoms with Crippen molar-refractivity contribution in [1.82, 2.24) is 0 Å².